The molecule has 0 aliphatic rings. The van der Waals surface area contributed by atoms with Crippen molar-refractivity contribution >= 4 is 29.6 Å². The molecule has 0 aliphatic carbocycles. The molecule has 1 aromatic carbocycles. The number of hydrogen-bond acceptors (Lipinski definition) is 6. The summed E-state index contributed by atoms with van der Waals surface area (Å²) in [7, 11) is 0. The summed E-state index contributed by atoms with van der Waals surface area (Å²) in [4.78, 5) is 58.2. The number of nitrogens with one attached hydrogen (secondary N) is 3. The van der Waals surface area contributed by atoms with Gasteiger partial charge in [-0.2, -0.15) is 0 Å². The maximum Gasteiger partial charge on any atom is 0.326 e. The molecular formula is C18H25N5O6. The number of carbonyl (C=O) groups excluding carboxylic acids is 4. The maximum atomic E-state index is 12.5. The van der Waals surface area contributed by atoms with Gasteiger partial charge < -0.3 is 32.5 Å². The molecule has 0 radical (unpaired) electrons. The highest BCUT2D eigenvalue weighted by Crippen LogP contribution is 2.05. The number of carboxylic acids is 1. The van der Waals surface area contributed by atoms with Crippen LogP contribution in [0.25, 0.3) is 0 Å². The number of amides is 4. The van der Waals surface area contributed by atoms with Crippen LogP contribution in [0.2, 0.25) is 0 Å². The quantitative estimate of drug-likeness (QED) is 0.223. The number of rotatable bonds is 12. The minimum atomic E-state index is -1.25. The van der Waals surface area contributed by atoms with E-state index in [-0.39, 0.29) is 25.8 Å². The van der Waals surface area contributed by atoms with Gasteiger partial charge in [-0.3, -0.25) is 19.2 Å². The SMILES string of the molecule is NCC(=O)NCC(=O)NC(CCC(N)=O)C(=O)NC(Cc1ccccc1)C(=O)O. The fourth-order valence-electron chi connectivity index (χ4n) is 2.37. The van der Waals surface area contributed by atoms with Gasteiger partial charge in [-0.25, -0.2) is 4.79 Å². The zero-order valence-electron chi connectivity index (χ0n) is 15.7. The average molecular weight is 407 g/mol. The predicted octanol–water partition coefficient (Wildman–Crippen LogP) is -2.38. The monoisotopic (exact) mass is 407 g/mol. The summed E-state index contributed by atoms with van der Waals surface area (Å²) in [5.41, 5.74) is 10.9. The van der Waals surface area contributed by atoms with Gasteiger partial charge in [-0.05, 0) is 12.0 Å². The molecule has 11 heteroatoms. The summed E-state index contributed by atoms with van der Waals surface area (Å²) in [6, 6.07) is 6.24. The molecule has 2 atom stereocenters. The van der Waals surface area contributed by atoms with Gasteiger partial charge in [0.15, 0.2) is 0 Å². The Morgan fingerprint density at radius 2 is 1.62 bits per heavy atom. The number of nitrogens with two attached hydrogens (primary N) is 2. The van der Waals surface area contributed by atoms with Crippen LogP contribution in [0.15, 0.2) is 30.3 Å². The first-order valence-electron chi connectivity index (χ1n) is 8.84. The van der Waals surface area contributed by atoms with Crippen molar-refractivity contribution in [1.29, 1.82) is 0 Å². The van der Waals surface area contributed by atoms with Crippen molar-refractivity contribution in [2.75, 3.05) is 13.1 Å². The van der Waals surface area contributed by atoms with Crippen LogP contribution in [0, 0.1) is 0 Å². The smallest absolute Gasteiger partial charge is 0.326 e. The topological polar surface area (TPSA) is 194 Å². The second-order valence-electron chi connectivity index (χ2n) is 6.20. The van der Waals surface area contributed by atoms with Crippen LogP contribution in [0.3, 0.4) is 0 Å². The van der Waals surface area contributed by atoms with Crippen molar-refractivity contribution < 1.29 is 29.1 Å². The lowest BCUT2D eigenvalue weighted by atomic mass is 10.0. The lowest BCUT2D eigenvalue weighted by molar-refractivity contribution is -0.142. The van der Waals surface area contributed by atoms with Crippen molar-refractivity contribution in [3.8, 4) is 0 Å². The molecule has 0 saturated carbocycles. The van der Waals surface area contributed by atoms with Gasteiger partial charge in [0, 0.05) is 12.8 Å². The minimum absolute atomic E-state index is 0.0327. The molecule has 0 spiro atoms. The molecule has 11 nitrogen and oxygen atoms in total. The standard InChI is InChI=1S/C18H25N5O6/c19-9-15(25)21-10-16(26)22-12(6-7-14(20)24)17(27)23-13(18(28)29)8-11-4-2-1-3-5-11/h1-5,12-13H,6-10,19H2,(H2,20,24)(H,21,25)(H,22,26)(H,23,27)(H,28,29). The number of benzene rings is 1. The van der Waals surface area contributed by atoms with Crippen molar-refractivity contribution in [3.63, 3.8) is 0 Å². The van der Waals surface area contributed by atoms with Gasteiger partial charge in [0.2, 0.25) is 23.6 Å². The lowest BCUT2D eigenvalue weighted by Gasteiger charge is -2.21. The Balaban J connectivity index is 2.79. The molecule has 29 heavy (non-hydrogen) atoms. The highest BCUT2D eigenvalue weighted by Gasteiger charge is 2.27. The summed E-state index contributed by atoms with van der Waals surface area (Å²) < 4.78 is 0. The fourth-order valence-corrected chi connectivity index (χ4v) is 2.37. The molecule has 8 N–H and O–H groups in total. The first-order valence-corrected chi connectivity index (χ1v) is 8.84. The van der Waals surface area contributed by atoms with Crippen LogP contribution in [-0.2, 0) is 30.4 Å². The van der Waals surface area contributed by atoms with E-state index in [1.54, 1.807) is 30.3 Å². The molecule has 0 aliphatic heterocycles. The molecule has 2 unspecified atom stereocenters. The molecule has 0 heterocycles. The van der Waals surface area contributed by atoms with Crippen LogP contribution in [0.1, 0.15) is 18.4 Å². The highest BCUT2D eigenvalue weighted by atomic mass is 16.4. The van der Waals surface area contributed by atoms with E-state index < -0.39 is 48.2 Å². The van der Waals surface area contributed by atoms with Crippen molar-refractivity contribution in [3.05, 3.63) is 35.9 Å². The first-order chi connectivity index (χ1) is 13.7. The minimum Gasteiger partial charge on any atom is -0.480 e. The average Bonchev–Trinajstić information content (AvgIpc) is 2.69. The predicted molar refractivity (Wildman–Crippen MR) is 102 cm³/mol. The first kappa shape index (κ1) is 23.6. The third-order valence-electron chi connectivity index (χ3n) is 3.86. The van der Waals surface area contributed by atoms with Gasteiger partial charge in [0.1, 0.15) is 12.1 Å². The van der Waals surface area contributed by atoms with Crippen LogP contribution in [0.4, 0.5) is 0 Å². The van der Waals surface area contributed by atoms with Gasteiger partial charge in [0.25, 0.3) is 0 Å². The summed E-state index contributed by atoms with van der Waals surface area (Å²) in [6.07, 6.45) is -0.301. The zero-order chi connectivity index (χ0) is 21.8. The molecule has 0 bridgehead atoms. The molecule has 0 saturated heterocycles. The lowest BCUT2D eigenvalue weighted by Crippen LogP contribution is -2.53. The summed E-state index contributed by atoms with van der Waals surface area (Å²) in [5.74, 6) is -3.99. The zero-order valence-corrected chi connectivity index (χ0v) is 15.7. The van der Waals surface area contributed by atoms with Crippen molar-refractivity contribution in [2.24, 2.45) is 11.5 Å². The van der Waals surface area contributed by atoms with Gasteiger partial charge in [-0.1, -0.05) is 30.3 Å². The second kappa shape index (κ2) is 12.1. The Morgan fingerprint density at radius 3 is 2.17 bits per heavy atom. The van der Waals surface area contributed by atoms with Gasteiger partial charge >= 0.3 is 5.97 Å². The Hall–Kier alpha value is -3.47. The molecule has 4 amide bonds. The second-order valence-corrected chi connectivity index (χ2v) is 6.20. The summed E-state index contributed by atoms with van der Waals surface area (Å²) >= 11 is 0. The van der Waals surface area contributed by atoms with E-state index in [4.69, 9.17) is 11.5 Å². The molecule has 1 rings (SSSR count). The normalized spacial score (nSPS) is 12.3. The maximum absolute atomic E-state index is 12.5. The fraction of sp³-hybridized carbons (Fsp3) is 0.389. The largest absolute Gasteiger partial charge is 0.480 e. The Kier molecular flexibility index (Phi) is 9.82. The van der Waals surface area contributed by atoms with Gasteiger partial charge in [-0.15, -0.1) is 0 Å². The number of carbonyl (C=O) groups is 5. The molecule has 0 aromatic heterocycles. The Bertz CT molecular complexity index is 740. The van der Waals surface area contributed by atoms with E-state index in [2.05, 4.69) is 16.0 Å². The van der Waals surface area contributed by atoms with Crippen LogP contribution >= 0.6 is 0 Å². The highest BCUT2D eigenvalue weighted by molar-refractivity contribution is 5.92. The van der Waals surface area contributed by atoms with Crippen LogP contribution in [-0.4, -0.2) is 59.9 Å². The van der Waals surface area contributed by atoms with E-state index >= 15 is 0 Å². The van der Waals surface area contributed by atoms with Crippen LogP contribution in [0.5, 0.6) is 0 Å². The molecule has 0 fully saturated rings. The molecule has 158 valence electrons. The summed E-state index contributed by atoms with van der Waals surface area (Å²) in [5, 5.41) is 16.4. The number of hydrogen-bond donors (Lipinski definition) is 6. The van der Waals surface area contributed by atoms with Crippen LogP contribution < -0.4 is 27.4 Å². The van der Waals surface area contributed by atoms with Gasteiger partial charge in [0.05, 0.1) is 13.1 Å². The van der Waals surface area contributed by atoms with E-state index in [1.807, 2.05) is 0 Å². The van der Waals surface area contributed by atoms with E-state index in [0.717, 1.165) is 0 Å². The summed E-state index contributed by atoms with van der Waals surface area (Å²) in [6.45, 7) is -0.735. The van der Waals surface area contributed by atoms with E-state index in [0.29, 0.717) is 5.56 Å². The number of aliphatic carboxylic acids is 1. The molecular weight excluding hydrogens is 382 g/mol. The van der Waals surface area contributed by atoms with Crippen molar-refractivity contribution in [1.82, 2.24) is 16.0 Å². The van der Waals surface area contributed by atoms with E-state index in [9.17, 15) is 29.1 Å². The number of carboxylic acid groups (broad SMARTS) is 1. The third-order valence-corrected chi connectivity index (χ3v) is 3.86. The third kappa shape index (κ3) is 9.33. The Morgan fingerprint density at radius 1 is 0.966 bits per heavy atom. The molecule has 1 aromatic rings. The van der Waals surface area contributed by atoms with E-state index in [1.165, 1.54) is 0 Å². The van der Waals surface area contributed by atoms with Crippen molar-refractivity contribution in [2.45, 2.75) is 31.3 Å². The number of primary amides is 1. The Labute approximate surface area is 167 Å².